The molecule has 2 heteroatoms. The first-order chi connectivity index (χ1) is 5.22. The zero-order chi connectivity index (χ0) is 8.27. The number of hydrogen-bond acceptors (Lipinski definition) is 1. The minimum atomic E-state index is 0.720. The van der Waals surface area contributed by atoms with E-state index in [0.717, 1.165) is 12.9 Å². The predicted octanol–water partition coefficient (Wildman–Crippen LogP) is 2.50. The summed E-state index contributed by atoms with van der Waals surface area (Å²) in [7, 11) is 2.26. The first kappa shape index (κ1) is 9.12. The summed E-state index contributed by atoms with van der Waals surface area (Å²) in [6, 6.07) is 0.878. The van der Waals surface area contributed by atoms with Crippen LogP contribution in [-0.4, -0.2) is 24.7 Å². The Kier molecular flexibility index (Phi) is 3.44. The molecule has 0 aromatic heterocycles. The summed E-state index contributed by atoms with van der Waals surface area (Å²) >= 11 is 0. The van der Waals surface area contributed by atoms with Crippen LogP contribution in [0.1, 0.15) is 32.1 Å². The molecule has 0 amide bonds. The molecular weight excluding hydrogens is 133 g/mol. The average molecular weight is 153 g/mol. The highest BCUT2D eigenvalue weighted by Crippen LogP contribution is 2.21. The molecular formula is C9H20BN. The van der Waals surface area contributed by atoms with E-state index < -0.39 is 0 Å². The van der Waals surface area contributed by atoms with Gasteiger partial charge in [-0.1, -0.05) is 32.9 Å². The van der Waals surface area contributed by atoms with Crippen LogP contribution in [0.25, 0.3) is 0 Å². The minimum absolute atomic E-state index is 0.720. The van der Waals surface area contributed by atoms with E-state index in [1.165, 1.54) is 32.1 Å². The number of nitrogens with zero attached hydrogens (tertiary/aromatic N) is 1. The fourth-order valence-electron chi connectivity index (χ4n) is 1.91. The SMILES string of the molecule is CB(C)N(C)C1CCCCC1. The maximum absolute atomic E-state index is 2.53. The lowest BCUT2D eigenvalue weighted by molar-refractivity contribution is 0.287. The highest BCUT2D eigenvalue weighted by atomic mass is 15.1. The maximum Gasteiger partial charge on any atom is 0.216 e. The smallest absolute Gasteiger partial charge is 0.216 e. The molecule has 1 nitrogen and oxygen atoms in total. The minimum Gasteiger partial charge on any atom is -0.342 e. The second-order valence-electron chi connectivity index (χ2n) is 4.05. The van der Waals surface area contributed by atoms with E-state index in [9.17, 15) is 0 Å². The molecule has 1 rings (SSSR count). The van der Waals surface area contributed by atoms with Crippen LogP contribution in [0.4, 0.5) is 0 Å². The summed E-state index contributed by atoms with van der Waals surface area (Å²) in [6.45, 7) is 5.29. The molecule has 0 saturated heterocycles. The lowest BCUT2D eigenvalue weighted by Crippen LogP contribution is -2.40. The van der Waals surface area contributed by atoms with Crippen LogP contribution in [0, 0.1) is 0 Å². The van der Waals surface area contributed by atoms with Crippen molar-refractivity contribution in [3.05, 3.63) is 0 Å². The second-order valence-corrected chi connectivity index (χ2v) is 4.05. The molecule has 0 spiro atoms. The van der Waals surface area contributed by atoms with E-state index in [4.69, 9.17) is 0 Å². The normalized spacial score (nSPS) is 20.7. The molecule has 0 atom stereocenters. The summed E-state index contributed by atoms with van der Waals surface area (Å²) in [4.78, 5) is 2.53. The van der Waals surface area contributed by atoms with E-state index in [2.05, 4.69) is 25.5 Å². The van der Waals surface area contributed by atoms with Crippen molar-refractivity contribution in [3.8, 4) is 0 Å². The van der Waals surface area contributed by atoms with Gasteiger partial charge in [0.25, 0.3) is 0 Å². The summed E-state index contributed by atoms with van der Waals surface area (Å²) in [5.74, 6) is 0. The molecule has 0 unspecified atom stereocenters. The molecule has 1 aliphatic carbocycles. The Bertz CT molecular complexity index is 108. The van der Waals surface area contributed by atoms with Crippen LogP contribution in [0.3, 0.4) is 0 Å². The first-order valence-corrected chi connectivity index (χ1v) is 4.93. The van der Waals surface area contributed by atoms with Crippen LogP contribution in [-0.2, 0) is 0 Å². The van der Waals surface area contributed by atoms with Crippen molar-refractivity contribution in [2.24, 2.45) is 0 Å². The van der Waals surface area contributed by atoms with Crippen LogP contribution in [0.5, 0.6) is 0 Å². The molecule has 0 bridgehead atoms. The molecule has 0 aromatic carbocycles. The van der Waals surface area contributed by atoms with Gasteiger partial charge in [-0.2, -0.15) is 0 Å². The second kappa shape index (κ2) is 4.15. The Labute approximate surface area is 71.3 Å². The van der Waals surface area contributed by atoms with Crippen molar-refractivity contribution in [2.75, 3.05) is 7.05 Å². The monoisotopic (exact) mass is 153 g/mol. The molecule has 0 N–H and O–H groups in total. The Balaban J connectivity index is 2.32. The molecule has 1 fully saturated rings. The zero-order valence-electron chi connectivity index (χ0n) is 8.14. The molecule has 0 aromatic rings. The van der Waals surface area contributed by atoms with Crippen LogP contribution >= 0.6 is 0 Å². The third kappa shape index (κ3) is 2.51. The van der Waals surface area contributed by atoms with E-state index in [1.54, 1.807) is 0 Å². The van der Waals surface area contributed by atoms with Gasteiger partial charge in [-0.3, -0.25) is 0 Å². The summed E-state index contributed by atoms with van der Waals surface area (Å²) < 4.78 is 0. The van der Waals surface area contributed by atoms with E-state index >= 15 is 0 Å². The van der Waals surface area contributed by atoms with Gasteiger partial charge in [0.15, 0.2) is 0 Å². The van der Waals surface area contributed by atoms with Gasteiger partial charge in [0, 0.05) is 0 Å². The third-order valence-electron chi connectivity index (χ3n) is 2.97. The zero-order valence-corrected chi connectivity index (χ0v) is 8.14. The summed E-state index contributed by atoms with van der Waals surface area (Å²) in [5, 5.41) is 0. The topological polar surface area (TPSA) is 3.24 Å². The molecule has 0 aliphatic heterocycles. The Morgan fingerprint density at radius 2 is 1.64 bits per heavy atom. The lowest BCUT2D eigenvalue weighted by atomic mass is 9.65. The summed E-state index contributed by atoms with van der Waals surface area (Å²) in [5.41, 5.74) is 0. The Morgan fingerprint density at radius 1 is 1.09 bits per heavy atom. The average Bonchev–Trinajstić information content (AvgIpc) is 2.05. The third-order valence-corrected chi connectivity index (χ3v) is 2.97. The van der Waals surface area contributed by atoms with Gasteiger partial charge in [0.2, 0.25) is 6.85 Å². The number of hydrogen-bond donors (Lipinski definition) is 0. The largest absolute Gasteiger partial charge is 0.342 e. The maximum atomic E-state index is 2.53. The van der Waals surface area contributed by atoms with Crippen molar-refractivity contribution < 1.29 is 0 Å². The molecule has 0 heterocycles. The molecule has 1 saturated carbocycles. The van der Waals surface area contributed by atoms with Gasteiger partial charge in [-0.15, -0.1) is 0 Å². The molecule has 11 heavy (non-hydrogen) atoms. The van der Waals surface area contributed by atoms with Gasteiger partial charge in [0.05, 0.1) is 0 Å². The van der Waals surface area contributed by atoms with E-state index in [1.807, 2.05) is 0 Å². The van der Waals surface area contributed by atoms with Gasteiger partial charge in [0.1, 0.15) is 0 Å². The first-order valence-electron chi connectivity index (χ1n) is 4.93. The van der Waals surface area contributed by atoms with E-state index in [0.29, 0.717) is 0 Å². The van der Waals surface area contributed by atoms with Crippen molar-refractivity contribution in [2.45, 2.75) is 51.8 Å². The Morgan fingerprint density at radius 3 is 2.09 bits per heavy atom. The van der Waals surface area contributed by atoms with Gasteiger partial charge in [-0.05, 0) is 25.9 Å². The molecule has 1 aliphatic rings. The summed E-state index contributed by atoms with van der Waals surface area (Å²) in [6.07, 6.45) is 7.20. The van der Waals surface area contributed by atoms with Crippen LogP contribution in [0.15, 0.2) is 0 Å². The van der Waals surface area contributed by atoms with Crippen molar-refractivity contribution in [3.63, 3.8) is 0 Å². The molecule has 0 radical (unpaired) electrons. The number of rotatable bonds is 2. The van der Waals surface area contributed by atoms with Crippen molar-refractivity contribution >= 4 is 6.85 Å². The fraction of sp³-hybridized carbons (Fsp3) is 1.00. The van der Waals surface area contributed by atoms with Gasteiger partial charge < -0.3 is 4.81 Å². The van der Waals surface area contributed by atoms with Gasteiger partial charge in [-0.25, -0.2) is 0 Å². The molecule has 64 valence electrons. The van der Waals surface area contributed by atoms with Crippen LogP contribution < -0.4 is 0 Å². The predicted molar refractivity (Wildman–Crippen MR) is 52.1 cm³/mol. The highest BCUT2D eigenvalue weighted by Gasteiger charge is 2.20. The lowest BCUT2D eigenvalue weighted by Gasteiger charge is -2.33. The fourth-order valence-corrected chi connectivity index (χ4v) is 1.91. The van der Waals surface area contributed by atoms with E-state index in [-0.39, 0.29) is 0 Å². The van der Waals surface area contributed by atoms with Crippen molar-refractivity contribution in [1.82, 2.24) is 4.81 Å². The van der Waals surface area contributed by atoms with Crippen molar-refractivity contribution in [1.29, 1.82) is 0 Å². The Hall–Kier alpha value is 0.0249. The standard InChI is InChI=1S/C9H20BN/c1-10(2)11(3)9-7-5-4-6-8-9/h9H,4-8H2,1-3H3. The quantitative estimate of drug-likeness (QED) is 0.551. The van der Waals surface area contributed by atoms with Crippen LogP contribution in [0.2, 0.25) is 13.6 Å². The van der Waals surface area contributed by atoms with Gasteiger partial charge >= 0.3 is 0 Å². The highest BCUT2D eigenvalue weighted by molar-refractivity contribution is 6.52.